The van der Waals surface area contributed by atoms with Crippen molar-refractivity contribution in [3.05, 3.63) is 77.9 Å². The lowest BCUT2D eigenvalue weighted by molar-refractivity contribution is -0.110. The molecule has 1 amide bonds. The molecule has 0 spiro atoms. The molecule has 2 heteroatoms. The minimum Gasteiger partial charge on any atom is -0.321 e. The third kappa shape index (κ3) is 2.01. The smallest absolute Gasteiger partial charge is 0.256 e. The third-order valence-corrected chi connectivity index (χ3v) is 3.79. The van der Waals surface area contributed by atoms with Gasteiger partial charge in [-0.15, -0.1) is 0 Å². The van der Waals surface area contributed by atoms with Gasteiger partial charge in [-0.05, 0) is 34.5 Å². The number of rotatable bonds is 1. The Balaban J connectivity index is 1.84. The van der Waals surface area contributed by atoms with Crippen molar-refractivity contribution in [1.29, 1.82) is 0 Å². The quantitative estimate of drug-likeness (QED) is 0.656. The third-order valence-electron chi connectivity index (χ3n) is 3.79. The molecule has 2 nitrogen and oxygen atoms in total. The molecule has 4 rings (SSSR count). The van der Waals surface area contributed by atoms with Crippen LogP contribution in [0.2, 0.25) is 0 Å². The van der Waals surface area contributed by atoms with Gasteiger partial charge in [-0.25, -0.2) is 0 Å². The second kappa shape index (κ2) is 4.60. The Hall–Kier alpha value is -2.87. The summed E-state index contributed by atoms with van der Waals surface area (Å²) in [7, 11) is 0. The minimum absolute atomic E-state index is 0.0376. The predicted octanol–water partition coefficient (Wildman–Crippen LogP) is 4.33. The Morgan fingerprint density at radius 3 is 2.48 bits per heavy atom. The Bertz CT molecular complexity index is 893. The van der Waals surface area contributed by atoms with E-state index >= 15 is 0 Å². The van der Waals surface area contributed by atoms with Gasteiger partial charge in [-0.2, -0.15) is 0 Å². The van der Waals surface area contributed by atoms with Gasteiger partial charge in [0, 0.05) is 16.8 Å². The normalized spacial score (nSPS) is 15.2. The summed E-state index contributed by atoms with van der Waals surface area (Å²) < 4.78 is 0. The lowest BCUT2D eigenvalue weighted by Crippen LogP contribution is -2.03. The Morgan fingerprint density at radius 1 is 0.810 bits per heavy atom. The fourth-order valence-corrected chi connectivity index (χ4v) is 2.75. The molecule has 0 saturated heterocycles. The molecule has 100 valence electrons. The van der Waals surface area contributed by atoms with Crippen LogP contribution in [-0.4, -0.2) is 5.91 Å². The maximum atomic E-state index is 12.1. The molecule has 0 bridgehead atoms. The number of amides is 1. The van der Waals surface area contributed by atoms with Crippen molar-refractivity contribution in [2.45, 2.75) is 0 Å². The summed E-state index contributed by atoms with van der Waals surface area (Å²) >= 11 is 0. The van der Waals surface area contributed by atoms with E-state index in [1.165, 1.54) is 10.8 Å². The summed E-state index contributed by atoms with van der Waals surface area (Å²) in [4.78, 5) is 12.1. The summed E-state index contributed by atoms with van der Waals surface area (Å²) in [5.74, 6) is -0.0376. The van der Waals surface area contributed by atoms with Gasteiger partial charge in [0.25, 0.3) is 5.91 Å². The topological polar surface area (TPSA) is 29.1 Å². The van der Waals surface area contributed by atoms with Crippen LogP contribution in [0.5, 0.6) is 0 Å². The first kappa shape index (κ1) is 11.9. The average molecular weight is 271 g/mol. The molecule has 0 aliphatic carbocycles. The van der Waals surface area contributed by atoms with Crippen molar-refractivity contribution in [3.63, 3.8) is 0 Å². The SMILES string of the molecule is O=C1Nc2ccccc2/C1=C/c1ccc2ccccc2c1. The van der Waals surface area contributed by atoms with Gasteiger partial charge in [-0.1, -0.05) is 54.6 Å². The van der Waals surface area contributed by atoms with Gasteiger partial charge in [0.05, 0.1) is 0 Å². The second-order valence-electron chi connectivity index (χ2n) is 5.16. The molecule has 0 radical (unpaired) electrons. The molecule has 1 aliphatic rings. The zero-order valence-electron chi connectivity index (χ0n) is 11.3. The summed E-state index contributed by atoms with van der Waals surface area (Å²) in [6, 6.07) is 22.2. The van der Waals surface area contributed by atoms with Gasteiger partial charge < -0.3 is 5.32 Å². The Kier molecular flexibility index (Phi) is 2.61. The fraction of sp³-hybridized carbons (Fsp3) is 0. The van der Waals surface area contributed by atoms with Crippen LogP contribution in [0.1, 0.15) is 11.1 Å². The number of para-hydroxylation sites is 1. The first-order valence-electron chi connectivity index (χ1n) is 6.92. The van der Waals surface area contributed by atoms with Crippen molar-refractivity contribution in [3.8, 4) is 0 Å². The Morgan fingerprint density at radius 2 is 1.57 bits per heavy atom. The van der Waals surface area contributed by atoms with Gasteiger partial charge in [-0.3, -0.25) is 4.79 Å². The van der Waals surface area contributed by atoms with E-state index in [2.05, 4.69) is 29.6 Å². The molecule has 1 heterocycles. The highest BCUT2D eigenvalue weighted by Crippen LogP contribution is 2.32. The lowest BCUT2D eigenvalue weighted by Gasteiger charge is -2.01. The van der Waals surface area contributed by atoms with Gasteiger partial charge in [0.2, 0.25) is 0 Å². The van der Waals surface area contributed by atoms with Crippen LogP contribution < -0.4 is 5.32 Å². The van der Waals surface area contributed by atoms with Crippen LogP contribution in [0.15, 0.2) is 66.7 Å². The molecule has 3 aromatic rings. The van der Waals surface area contributed by atoms with Crippen molar-refractivity contribution in [1.82, 2.24) is 0 Å². The van der Waals surface area contributed by atoms with Crippen molar-refractivity contribution < 1.29 is 4.79 Å². The molecular formula is C19H13NO. The van der Waals surface area contributed by atoms with E-state index in [9.17, 15) is 4.79 Å². The van der Waals surface area contributed by atoms with E-state index in [-0.39, 0.29) is 5.91 Å². The first-order valence-corrected chi connectivity index (χ1v) is 6.92. The summed E-state index contributed by atoms with van der Waals surface area (Å²) in [5, 5.41) is 5.28. The molecular weight excluding hydrogens is 258 g/mol. The second-order valence-corrected chi connectivity index (χ2v) is 5.16. The van der Waals surface area contributed by atoms with Gasteiger partial charge >= 0.3 is 0 Å². The van der Waals surface area contributed by atoms with E-state index in [4.69, 9.17) is 0 Å². The minimum atomic E-state index is -0.0376. The van der Waals surface area contributed by atoms with Crippen molar-refractivity contribution in [2.75, 3.05) is 5.32 Å². The zero-order valence-corrected chi connectivity index (χ0v) is 11.3. The largest absolute Gasteiger partial charge is 0.321 e. The van der Waals surface area contributed by atoms with Crippen LogP contribution in [0.3, 0.4) is 0 Å². The van der Waals surface area contributed by atoms with Crippen LogP contribution in [0, 0.1) is 0 Å². The maximum Gasteiger partial charge on any atom is 0.256 e. The highest BCUT2D eigenvalue weighted by molar-refractivity contribution is 6.34. The number of anilines is 1. The summed E-state index contributed by atoms with van der Waals surface area (Å²) in [5.41, 5.74) is 3.61. The molecule has 3 aromatic carbocycles. The highest BCUT2D eigenvalue weighted by atomic mass is 16.2. The summed E-state index contributed by atoms with van der Waals surface area (Å²) in [6.07, 6.45) is 1.95. The van der Waals surface area contributed by atoms with Crippen LogP contribution in [0.25, 0.3) is 22.4 Å². The number of carbonyl (C=O) groups is 1. The molecule has 0 unspecified atom stereocenters. The van der Waals surface area contributed by atoms with Gasteiger partial charge in [0.15, 0.2) is 0 Å². The molecule has 1 N–H and O–H groups in total. The summed E-state index contributed by atoms with van der Waals surface area (Å²) in [6.45, 7) is 0. The van der Waals surface area contributed by atoms with Crippen molar-refractivity contribution >= 4 is 34.0 Å². The maximum absolute atomic E-state index is 12.1. The first-order chi connectivity index (χ1) is 10.3. The molecule has 0 aromatic heterocycles. The number of hydrogen-bond acceptors (Lipinski definition) is 1. The van der Waals surface area contributed by atoms with Crippen LogP contribution in [-0.2, 0) is 4.79 Å². The van der Waals surface area contributed by atoms with E-state index < -0.39 is 0 Å². The van der Waals surface area contributed by atoms with Gasteiger partial charge in [0.1, 0.15) is 0 Å². The number of fused-ring (bicyclic) bond motifs is 2. The molecule has 0 fully saturated rings. The monoisotopic (exact) mass is 271 g/mol. The standard InChI is InChI=1S/C19H13NO/c21-19-17(16-7-3-4-8-18(16)20-19)12-13-9-10-14-5-1-2-6-15(14)11-13/h1-12H,(H,20,21)/b17-12-. The van der Waals surface area contributed by atoms with E-state index in [1.54, 1.807) is 0 Å². The lowest BCUT2D eigenvalue weighted by atomic mass is 10.0. The fourth-order valence-electron chi connectivity index (χ4n) is 2.75. The van der Waals surface area contributed by atoms with Crippen LogP contribution in [0.4, 0.5) is 5.69 Å². The highest BCUT2D eigenvalue weighted by Gasteiger charge is 2.23. The van der Waals surface area contributed by atoms with E-state index in [0.717, 1.165) is 22.4 Å². The number of hydrogen-bond donors (Lipinski definition) is 1. The number of benzene rings is 3. The zero-order chi connectivity index (χ0) is 14.2. The van der Waals surface area contributed by atoms with E-state index in [1.807, 2.05) is 48.5 Å². The molecule has 21 heavy (non-hydrogen) atoms. The van der Waals surface area contributed by atoms with E-state index in [0.29, 0.717) is 0 Å². The molecule has 0 atom stereocenters. The number of carbonyl (C=O) groups excluding carboxylic acids is 1. The number of nitrogens with one attached hydrogen (secondary N) is 1. The molecule has 1 aliphatic heterocycles. The van der Waals surface area contributed by atoms with Crippen LogP contribution >= 0.6 is 0 Å². The van der Waals surface area contributed by atoms with Crippen molar-refractivity contribution in [2.24, 2.45) is 0 Å². The average Bonchev–Trinajstić information content (AvgIpc) is 2.83. The molecule has 0 saturated carbocycles. The Labute approximate surface area is 122 Å². The predicted molar refractivity (Wildman–Crippen MR) is 86.9 cm³/mol.